The molecule has 8 heteroatoms. The zero-order chi connectivity index (χ0) is 21.7. The third-order valence-corrected chi connectivity index (χ3v) is 7.12. The number of rotatable bonds is 9. The highest BCUT2D eigenvalue weighted by Gasteiger charge is 2.26. The van der Waals surface area contributed by atoms with Gasteiger partial charge in [-0.25, -0.2) is 17.9 Å². The van der Waals surface area contributed by atoms with Gasteiger partial charge >= 0.3 is 6.03 Å². The van der Waals surface area contributed by atoms with Crippen LogP contribution in [0.5, 0.6) is 0 Å². The van der Waals surface area contributed by atoms with Crippen LogP contribution in [0.4, 0.5) is 10.5 Å². The molecule has 1 aromatic carbocycles. The second-order valence-corrected chi connectivity index (χ2v) is 10.1. The van der Waals surface area contributed by atoms with Crippen molar-refractivity contribution in [1.29, 1.82) is 0 Å². The van der Waals surface area contributed by atoms with E-state index in [2.05, 4.69) is 16.1 Å². The van der Waals surface area contributed by atoms with E-state index >= 15 is 0 Å². The van der Waals surface area contributed by atoms with Crippen LogP contribution < -0.4 is 10.0 Å². The molecular weight excluding hydrogens is 402 g/mol. The summed E-state index contributed by atoms with van der Waals surface area (Å²) in [6.45, 7) is 5.20. The average molecular weight is 436 g/mol. The molecule has 0 bridgehead atoms. The lowest BCUT2D eigenvalue weighted by Gasteiger charge is -2.21. The van der Waals surface area contributed by atoms with Gasteiger partial charge in [-0.2, -0.15) is 0 Å². The van der Waals surface area contributed by atoms with E-state index in [9.17, 15) is 18.0 Å². The Morgan fingerprint density at radius 2 is 1.53 bits per heavy atom. The van der Waals surface area contributed by atoms with Gasteiger partial charge in [0.15, 0.2) is 0 Å². The highest BCUT2D eigenvalue weighted by Crippen LogP contribution is 2.38. The summed E-state index contributed by atoms with van der Waals surface area (Å²) < 4.78 is 26.9. The van der Waals surface area contributed by atoms with Crippen LogP contribution in [-0.4, -0.2) is 44.1 Å². The number of amides is 3. The zero-order valence-corrected chi connectivity index (χ0v) is 18.9. The molecule has 2 aliphatic rings. The molecule has 0 unspecified atom stereocenters. The van der Waals surface area contributed by atoms with E-state index in [0.717, 1.165) is 68.2 Å². The van der Waals surface area contributed by atoms with Crippen LogP contribution in [0, 0.1) is 0 Å². The first-order chi connectivity index (χ1) is 14.3. The van der Waals surface area contributed by atoms with Gasteiger partial charge in [0, 0.05) is 25.2 Å². The summed E-state index contributed by atoms with van der Waals surface area (Å²) in [6, 6.07) is 1.52. The van der Waals surface area contributed by atoms with Crippen molar-refractivity contribution in [3.05, 3.63) is 28.3 Å². The first-order valence-electron chi connectivity index (χ1n) is 11.1. The summed E-state index contributed by atoms with van der Waals surface area (Å²) in [5.74, 6) is -0.586. The molecule has 0 saturated carbocycles. The van der Waals surface area contributed by atoms with E-state index in [1.54, 1.807) is 4.90 Å². The monoisotopic (exact) mass is 435 g/mol. The van der Waals surface area contributed by atoms with E-state index in [1.807, 2.05) is 13.8 Å². The third-order valence-electron chi connectivity index (χ3n) is 5.88. The minimum Gasteiger partial charge on any atom is -0.343 e. The number of aryl methyl sites for hydroxylation is 2. The molecule has 30 heavy (non-hydrogen) atoms. The van der Waals surface area contributed by atoms with E-state index in [0.29, 0.717) is 13.1 Å². The molecule has 1 aromatic rings. The number of benzene rings is 1. The second-order valence-electron chi connectivity index (χ2n) is 8.24. The fourth-order valence-electron chi connectivity index (χ4n) is 4.58. The minimum absolute atomic E-state index is 0.126. The van der Waals surface area contributed by atoms with Gasteiger partial charge in [0.25, 0.3) is 0 Å². The van der Waals surface area contributed by atoms with Crippen LogP contribution in [-0.2, 0) is 40.5 Å². The number of carbonyl (C=O) groups excluding carboxylic acids is 2. The fourth-order valence-corrected chi connectivity index (χ4v) is 5.46. The molecule has 0 spiro atoms. The second kappa shape index (κ2) is 9.81. The smallest absolute Gasteiger partial charge is 0.332 e. The maximum atomic E-state index is 12.5. The maximum Gasteiger partial charge on any atom is 0.332 e. The van der Waals surface area contributed by atoms with Crippen molar-refractivity contribution in [2.24, 2.45) is 0 Å². The Hall–Kier alpha value is -2.09. The van der Waals surface area contributed by atoms with Crippen LogP contribution in [0.2, 0.25) is 0 Å². The molecule has 0 aliphatic heterocycles. The van der Waals surface area contributed by atoms with E-state index in [-0.39, 0.29) is 12.3 Å². The molecule has 7 nitrogen and oxygen atoms in total. The summed E-state index contributed by atoms with van der Waals surface area (Å²) in [5.41, 5.74) is 5.64. The van der Waals surface area contributed by atoms with Crippen LogP contribution in [0.15, 0.2) is 6.07 Å². The molecule has 166 valence electrons. The molecule has 0 fully saturated rings. The quantitative estimate of drug-likeness (QED) is 0.623. The third kappa shape index (κ3) is 5.33. The molecule has 0 aromatic heterocycles. The van der Waals surface area contributed by atoms with Gasteiger partial charge in [-0.15, -0.1) is 0 Å². The lowest BCUT2D eigenvalue weighted by molar-refractivity contribution is -0.130. The number of hydrogen-bond donors (Lipinski definition) is 2. The molecule has 3 amide bonds. The van der Waals surface area contributed by atoms with Crippen molar-refractivity contribution in [2.75, 3.05) is 24.2 Å². The largest absolute Gasteiger partial charge is 0.343 e. The number of urea groups is 1. The number of carbonyl (C=O) groups is 2. The Morgan fingerprint density at radius 3 is 2.07 bits per heavy atom. The minimum atomic E-state index is -3.90. The first kappa shape index (κ1) is 22.6. The molecule has 2 N–H and O–H groups in total. The highest BCUT2D eigenvalue weighted by atomic mass is 32.2. The predicted molar refractivity (Wildman–Crippen MR) is 118 cm³/mol. The van der Waals surface area contributed by atoms with Gasteiger partial charge < -0.3 is 10.2 Å². The standard InChI is InChI=1S/C22H33N3O4S/c1-3-12-25(13-4-2)20(26)11-14-30(28,29)24-22(27)23-21-18-9-5-7-16(18)15-17-8-6-10-19(17)21/h15H,3-14H2,1-2H3,(H2,23,24,27). The number of nitrogens with zero attached hydrogens (tertiary/aromatic N) is 1. The number of sulfonamides is 1. The van der Waals surface area contributed by atoms with Gasteiger partial charge in [-0.1, -0.05) is 19.9 Å². The molecule has 0 saturated heterocycles. The molecular formula is C22H33N3O4S. The SMILES string of the molecule is CCCN(CCC)C(=O)CCS(=O)(=O)NC(=O)Nc1c2c(cc3c1CCC3)CCC2. The van der Waals surface area contributed by atoms with Crippen molar-refractivity contribution in [3.63, 3.8) is 0 Å². The number of nitrogens with one attached hydrogen (secondary N) is 2. The lowest BCUT2D eigenvalue weighted by Crippen LogP contribution is -2.39. The molecule has 0 radical (unpaired) electrons. The van der Waals surface area contributed by atoms with Gasteiger partial charge in [0.05, 0.1) is 5.75 Å². The number of fused-ring (bicyclic) bond motifs is 2. The Balaban J connectivity index is 1.62. The molecule has 0 heterocycles. The number of hydrogen-bond acceptors (Lipinski definition) is 4. The fraction of sp³-hybridized carbons (Fsp3) is 0.636. The number of anilines is 1. The maximum absolute atomic E-state index is 12.5. The van der Waals surface area contributed by atoms with Gasteiger partial charge in [0.1, 0.15) is 0 Å². The Bertz CT molecular complexity index is 873. The predicted octanol–water partition coefficient (Wildman–Crippen LogP) is 3.15. The normalized spacial score (nSPS) is 14.9. The average Bonchev–Trinajstić information content (AvgIpc) is 3.34. The zero-order valence-electron chi connectivity index (χ0n) is 18.1. The van der Waals surface area contributed by atoms with Crippen molar-refractivity contribution in [2.45, 2.75) is 71.6 Å². The summed E-state index contributed by atoms with van der Waals surface area (Å²) in [7, 11) is -3.90. The summed E-state index contributed by atoms with van der Waals surface area (Å²) in [4.78, 5) is 26.5. The Morgan fingerprint density at radius 1 is 0.967 bits per heavy atom. The molecule has 3 rings (SSSR count). The Kier molecular flexibility index (Phi) is 7.39. The van der Waals surface area contributed by atoms with Crippen molar-refractivity contribution < 1.29 is 18.0 Å². The first-order valence-corrected chi connectivity index (χ1v) is 12.8. The van der Waals surface area contributed by atoms with Crippen LogP contribution in [0.1, 0.15) is 68.2 Å². The van der Waals surface area contributed by atoms with Gasteiger partial charge in [0.2, 0.25) is 15.9 Å². The van der Waals surface area contributed by atoms with E-state index in [1.165, 1.54) is 11.1 Å². The van der Waals surface area contributed by atoms with Crippen molar-refractivity contribution in [3.8, 4) is 0 Å². The van der Waals surface area contributed by atoms with Crippen LogP contribution in [0.3, 0.4) is 0 Å². The molecule has 0 atom stereocenters. The van der Waals surface area contributed by atoms with E-state index in [4.69, 9.17) is 0 Å². The van der Waals surface area contributed by atoms with Gasteiger partial charge in [-0.3, -0.25) is 4.79 Å². The van der Waals surface area contributed by atoms with Crippen LogP contribution >= 0.6 is 0 Å². The van der Waals surface area contributed by atoms with Crippen molar-refractivity contribution in [1.82, 2.24) is 9.62 Å². The highest BCUT2D eigenvalue weighted by molar-refractivity contribution is 7.90. The lowest BCUT2D eigenvalue weighted by atomic mass is 9.99. The van der Waals surface area contributed by atoms with Crippen molar-refractivity contribution >= 4 is 27.6 Å². The summed E-state index contributed by atoms with van der Waals surface area (Å²) in [6.07, 6.45) is 7.46. The summed E-state index contributed by atoms with van der Waals surface area (Å²) in [5, 5.41) is 2.83. The summed E-state index contributed by atoms with van der Waals surface area (Å²) >= 11 is 0. The molecule has 2 aliphatic carbocycles. The van der Waals surface area contributed by atoms with E-state index < -0.39 is 21.8 Å². The van der Waals surface area contributed by atoms with Gasteiger partial charge in [-0.05, 0) is 73.6 Å². The Labute approximate surface area is 179 Å². The topological polar surface area (TPSA) is 95.6 Å². The van der Waals surface area contributed by atoms with Crippen LogP contribution in [0.25, 0.3) is 0 Å².